The molecule has 0 heterocycles. The zero-order valence-electron chi connectivity index (χ0n) is 10.2. The summed E-state index contributed by atoms with van der Waals surface area (Å²) in [5, 5.41) is 0. The first kappa shape index (κ1) is 14.9. The van der Waals surface area contributed by atoms with Gasteiger partial charge in [-0.2, -0.15) is 0 Å². The van der Waals surface area contributed by atoms with E-state index in [9.17, 15) is 0 Å². The second-order valence-corrected chi connectivity index (χ2v) is 4.34. The highest BCUT2D eigenvalue weighted by atomic mass is 32.1. The molecular formula is C13H26OS. The van der Waals surface area contributed by atoms with Crippen molar-refractivity contribution in [2.24, 2.45) is 0 Å². The van der Waals surface area contributed by atoms with E-state index in [0.717, 1.165) is 13.0 Å². The molecule has 0 spiro atoms. The smallest absolute Gasteiger partial charge is 0.146 e. The van der Waals surface area contributed by atoms with Gasteiger partial charge < -0.3 is 4.74 Å². The normalized spacial score (nSPS) is 10.2. The molecule has 0 rings (SSSR count). The minimum absolute atomic E-state index is 0.806. The van der Waals surface area contributed by atoms with Crippen LogP contribution in [-0.2, 0) is 4.74 Å². The number of hydrogen-bond donors (Lipinski definition) is 0. The van der Waals surface area contributed by atoms with Gasteiger partial charge in [0.05, 0.1) is 6.61 Å². The van der Waals surface area contributed by atoms with Gasteiger partial charge >= 0.3 is 0 Å². The summed E-state index contributed by atoms with van der Waals surface area (Å²) >= 11 is 4.57. The van der Waals surface area contributed by atoms with E-state index in [1.54, 1.807) is 0 Å². The van der Waals surface area contributed by atoms with Crippen molar-refractivity contribution < 1.29 is 4.74 Å². The molecular weight excluding hydrogens is 204 g/mol. The summed E-state index contributed by atoms with van der Waals surface area (Å²) in [6.45, 7) is 3.07. The van der Waals surface area contributed by atoms with Crippen molar-refractivity contribution in [3.63, 3.8) is 0 Å². The topological polar surface area (TPSA) is 9.23 Å². The molecule has 0 fully saturated rings. The first-order valence-electron chi connectivity index (χ1n) is 6.47. The largest absolute Gasteiger partial charge is 0.490 e. The molecule has 0 aromatic rings. The molecule has 0 aliphatic rings. The highest BCUT2D eigenvalue weighted by Gasteiger charge is 1.92. The summed E-state index contributed by atoms with van der Waals surface area (Å²) in [4.78, 5) is 0. The SMILES string of the molecule is CCCCCCCCCCCCOC=S. The van der Waals surface area contributed by atoms with Crippen molar-refractivity contribution in [3.05, 3.63) is 0 Å². The molecule has 0 aromatic heterocycles. The van der Waals surface area contributed by atoms with Gasteiger partial charge in [-0.05, 0) is 18.6 Å². The van der Waals surface area contributed by atoms with Gasteiger partial charge in [-0.15, -0.1) is 0 Å². The number of rotatable bonds is 12. The number of unbranched alkanes of at least 4 members (excludes halogenated alkanes) is 9. The van der Waals surface area contributed by atoms with Gasteiger partial charge in [-0.25, -0.2) is 0 Å². The van der Waals surface area contributed by atoms with E-state index in [0.29, 0.717) is 0 Å². The average molecular weight is 230 g/mol. The van der Waals surface area contributed by atoms with Gasteiger partial charge in [0.2, 0.25) is 0 Å². The van der Waals surface area contributed by atoms with Gasteiger partial charge in [0.25, 0.3) is 0 Å². The Hall–Kier alpha value is -0.110. The van der Waals surface area contributed by atoms with E-state index in [4.69, 9.17) is 4.74 Å². The van der Waals surface area contributed by atoms with Crippen LogP contribution in [0.1, 0.15) is 71.1 Å². The Balaban J connectivity index is 2.83. The predicted molar refractivity (Wildman–Crippen MR) is 71.5 cm³/mol. The molecule has 0 saturated heterocycles. The molecule has 0 aliphatic heterocycles. The van der Waals surface area contributed by atoms with E-state index in [1.165, 1.54) is 63.3 Å². The lowest BCUT2D eigenvalue weighted by Crippen LogP contribution is -1.90. The van der Waals surface area contributed by atoms with E-state index < -0.39 is 0 Å². The third kappa shape index (κ3) is 13.9. The maximum Gasteiger partial charge on any atom is 0.146 e. The minimum Gasteiger partial charge on any atom is -0.490 e. The lowest BCUT2D eigenvalue weighted by Gasteiger charge is -2.02. The fourth-order valence-electron chi connectivity index (χ4n) is 1.72. The molecule has 0 N–H and O–H groups in total. The van der Waals surface area contributed by atoms with Crippen LogP contribution in [-0.4, -0.2) is 12.2 Å². The Kier molecular flexibility index (Phi) is 13.8. The summed E-state index contributed by atoms with van der Waals surface area (Å²) in [6, 6.07) is 0. The molecule has 0 unspecified atom stereocenters. The third-order valence-electron chi connectivity index (χ3n) is 2.68. The summed E-state index contributed by atoms with van der Waals surface area (Å²) in [5.41, 5.74) is 1.37. The van der Waals surface area contributed by atoms with Crippen LogP contribution >= 0.6 is 12.2 Å². The fourth-order valence-corrected chi connectivity index (χ4v) is 1.82. The first-order chi connectivity index (χ1) is 7.41. The molecule has 0 aliphatic carbocycles. The van der Waals surface area contributed by atoms with Crippen molar-refractivity contribution >= 4 is 17.8 Å². The predicted octanol–water partition coefficient (Wildman–Crippen LogP) is 4.88. The minimum atomic E-state index is 0.806. The van der Waals surface area contributed by atoms with Crippen LogP contribution in [0.4, 0.5) is 0 Å². The Labute approximate surface area is 101 Å². The van der Waals surface area contributed by atoms with Gasteiger partial charge in [0.15, 0.2) is 0 Å². The second-order valence-electron chi connectivity index (χ2n) is 4.15. The Morgan fingerprint density at radius 1 is 0.800 bits per heavy atom. The summed E-state index contributed by atoms with van der Waals surface area (Å²) in [7, 11) is 0. The van der Waals surface area contributed by atoms with Gasteiger partial charge in [-0.3, -0.25) is 0 Å². The maximum atomic E-state index is 5.00. The average Bonchev–Trinajstić information content (AvgIpc) is 2.26. The van der Waals surface area contributed by atoms with Crippen LogP contribution in [0.2, 0.25) is 0 Å². The van der Waals surface area contributed by atoms with Crippen LogP contribution in [0.3, 0.4) is 0 Å². The van der Waals surface area contributed by atoms with Crippen LogP contribution in [0.25, 0.3) is 0 Å². The Bertz CT molecular complexity index is 126. The molecule has 0 bridgehead atoms. The Morgan fingerprint density at radius 3 is 1.73 bits per heavy atom. The summed E-state index contributed by atoms with van der Waals surface area (Å²) < 4.78 is 5.00. The van der Waals surface area contributed by atoms with Crippen LogP contribution in [0.15, 0.2) is 0 Å². The van der Waals surface area contributed by atoms with Gasteiger partial charge in [-0.1, -0.05) is 64.7 Å². The van der Waals surface area contributed by atoms with E-state index in [-0.39, 0.29) is 0 Å². The lowest BCUT2D eigenvalue weighted by molar-refractivity contribution is 0.312. The van der Waals surface area contributed by atoms with Crippen molar-refractivity contribution in [2.75, 3.05) is 6.61 Å². The lowest BCUT2D eigenvalue weighted by atomic mass is 10.1. The number of thiocarbonyl (C=S) groups is 1. The molecule has 0 saturated carbocycles. The van der Waals surface area contributed by atoms with E-state index >= 15 is 0 Å². The van der Waals surface area contributed by atoms with Crippen molar-refractivity contribution in [1.82, 2.24) is 0 Å². The number of hydrogen-bond acceptors (Lipinski definition) is 2. The fraction of sp³-hybridized carbons (Fsp3) is 0.923. The van der Waals surface area contributed by atoms with Crippen LogP contribution in [0, 0.1) is 0 Å². The Morgan fingerprint density at radius 2 is 1.27 bits per heavy atom. The molecule has 2 heteroatoms. The maximum absolute atomic E-state index is 5.00. The highest BCUT2D eigenvalue weighted by Crippen LogP contribution is 2.10. The zero-order valence-corrected chi connectivity index (χ0v) is 11.0. The summed E-state index contributed by atoms with van der Waals surface area (Å²) in [5.74, 6) is 0. The van der Waals surface area contributed by atoms with E-state index in [2.05, 4.69) is 19.1 Å². The quantitative estimate of drug-likeness (QED) is 0.349. The standard InChI is InChI=1S/C13H26OS/c1-2-3-4-5-6-7-8-9-10-11-12-14-13-15/h13H,2-12H2,1H3. The van der Waals surface area contributed by atoms with Crippen LogP contribution in [0.5, 0.6) is 0 Å². The molecule has 15 heavy (non-hydrogen) atoms. The monoisotopic (exact) mass is 230 g/mol. The molecule has 90 valence electrons. The molecule has 0 radical (unpaired) electrons. The van der Waals surface area contributed by atoms with Gasteiger partial charge in [0, 0.05) is 0 Å². The first-order valence-corrected chi connectivity index (χ1v) is 6.94. The molecule has 0 aromatic carbocycles. The van der Waals surface area contributed by atoms with Crippen LogP contribution < -0.4 is 0 Å². The van der Waals surface area contributed by atoms with Gasteiger partial charge in [0.1, 0.15) is 5.55 Å². The zero-order chi connectivity index (χ0) is 11.2. The van der Waals surface area contributed by atoms with Crippen molar-refractivity contribution in [2.45, 2.75) is 71.1 Å². The van der Waals surface area contributed by atoms with Crippen molar-refractivity contribution in [3.8, 4) is 0 Å². The number of ether oxygens (including phenoxy) is 1. The van der Waals surface area contributed by atoms with E-state index in [1.807, 2.05) is 0 Å². The second kappa shape index (κ2) is 13.9. The molecule has 0 atom stereocenters. The molecule has 0 amide bonds. The highest BCUT2D eigenvalue weighted by molar-refractivity contribution is 7.78. The third-order valence-corrected chi connectivity index (χ3v) is 2.82. The van der Waals surface area contributed by atoms with Crippen molar-refractivity contribution in [1.29, 1.82) is 0 Å². The summed E-state index contributed by atoms with van der Waals surface area (Å²) in [6.07, 6.45) is 13.7. The molecule has 1 nitrogen and oxygen atoms in total.